The fourth-order valence-corrected chi connectivity index (χ4v) is 6.35. The molecular weight excluding hydrogens is 600 g/mol. The number of carbonyl (C=O) groups is 1. The van der Waals surface area contributed by atoms with E-state index in [2.05, 4.69) is 4.99 Å². The first-order valence-corrected chi connectivity index (χ1v) is 14.3. The molecule has 0 amide bonds. The molecule has 3 heterocycles. The molecule has 0 saturated carbocycles. The van der Waals surface area contributed by atoms with E-state index in [4.69, 9.17) is 14.2 Å². The SMILES string of the molecule is CCOC(=O)C1=C(C)N=c2s/c(=C\c3ccc(Oc4ccc([N+](=O)[O-])cc4[N+](=O)[O-])c(OC)c3)c(=O)n2[C@@H]1c1cccs1. The maximum atomic E-state index is 13.7. The van der Waals surface area contributed by atoms with Gasteiger partial charge in [0.15, 0.2) is 16.3 Å². The van der Waals surface area contributed by atoms with Crippen LogP contribution in [0, 0.1) is 20.2 Å². The van der Waals surface area contributed by atoms with Crippen LogP contribution in [-0.4, -0.2) is 34.1 Å². The number of nitrogens with zero attached hydrogens (tertiary/aromatic N) is 4. The van der Waals surface area contributed by atoms with Gasteiger partial charge >= 0.3 is 11.7 Å². The molecule has 1 aliphatic heterocycles. The van der Waals surface area contributed by atoms with Gasteiger partial charge in [0.25, 0.3) is 11.2 Å². The van der Waals surface area contributed by atoms with E-state index in [0.29, 0.717) is 26.2 Å². The van der Waals surface area contributed by atoms with E-state index in [-0.39, 0.29) is 29.4 Å². The smallest absolute Gasteiger partial charge is 0.338 e. The largest absolute Gasteiger partial charge is 0.493 e. The Hall–Kier alpha value is -5.15. The molecule has 0 N–H and O–H groups in total. The number of aromatic nitrogens is 1. The first-order chi connectivity index (χ1) is 20.6. The lowest BCUT2D eigenvalue weighted by Gasteiger charge is -2.23. The third-order valence-electron chi connectivity index (χ3n) is 6.39. The summed E-state index contributed by atoms with van der Waals surface area (Å²) in [5, 5.41) is 24.4. The minimum absolute atomic E-state index is 0.116. The zero-order chi connectivity index (χ0) is 30.8. The molecule has 0 spiro atoms. The molecule has 5 rings (SSSR count). The number of ether oxygens (including phenoxy) is 3. The molecule has 13 nitrogen and oxygen atoms in total. The summed E-state index contributed by atoms with van der Waals surface area (Å²) >= 11 is 2.58. The van der Waals surface area contributed by atoms with Gasteiger partial charge in [-0.3, -0.25) is 29.6 Å². The Morgan fingerprint density at radius 1 is 1.09 bits per heavy atom. The normalized spacial score (nSPS) is 14.6. The lowest BCUT2D eigenvalue weighted by Crippen LogP contribution is -2.39. The molecule has 0 saturated heterocycles. The number of allylic oxidation sites excluding steroid dienone is 1. The third kappa shape index (κ3) is 5.67. The second-order valence-corrected chi connectivity index (χ2v) is 11.0. The molecule has 15 heteroatoms. The lowest BCUT2D eigenvalue weighted by atomic mass is 10.0. The summed E-state index contributed by atoms with van der Waals surface area (Å²) in [7, 11) is 1.38. The van der Waals surface area contributed by atoms with Gasteiger partial charge in [0.2, 0.25) is 5.75 Å². The minimum atomic E-state index is -0.776. The number of esters is 1. The van der Waals surface area contributed by atoms with Crippen molar-refractivity contribution in [3.05, 3.63) is 116 Å². The lowest BCUT2D eigenvalue weighted by molar-refractivity contribution is -0.394. The summed E-state index contributed by atoms with van der Waals surface area (Å²) in [5.41, 5.74) is -0.0632. The topological polar surface area (TPSA) is 165 Å². The molecule has 43 heavy (non-hydrogen) atoms. The highest BCUT2D eigenvalue weighted by atomic mass is 32.1. The van der Waals surface area contributed by atoms with Crippen LogP contribution in [0.15, 0.2) is 75.0 Å². The predicted octanol–water partition coefficient (Wildman–Crippen LogP) is 4.48. The Labute approximate surface area is 250 Å². The van der Waals surface area contributed by atoms with Crippen molar-refractivity contribution in [1.82, 2.24) is 4.57 Å². The van der Waals surface area contributed by atoms with E-state index < -0.39 is 33.2 Å². The molecule has 1 aliphatic rings. The van der Waals surface area contributed by atoms with E-state index >= 15 is 0 Å². The van der Waals surface area contributed by atoms with Crippen molar-refractivity contribution in [2.45, 2.75) is 19.9 Å². The Morgan fingerprint density at radius 2 is 1.86 bits per heavy atom. The molecule has 4 aromatic rings. The van der Waals surface area contributed by atoms with Crippen LogP contribution in [0.4, 0.5) is 11.4 Å². The van der Waals surface area contributed by atoms with Gasteiger partial charge in [-0.2, -0.15) is 0 Å². The quantitative estimate of drug-likeness (QED) is 0.149. The second-order valence-electron chi connectivity index (χ2n) is 9.00. The van der Waals surface area contributed by atoms with Crippen molar-refractivity contribution in [3.8, 4) is 17.2 Å². The summed E-state index contributed by atoms with van der Waals surface area (Å²) in [4.78, 5) is 53.5. The van der Waals surface area contributed by atoms with Gasteiger partial charge in [0.1, 0.15) is 6.04 Å². The number of hydrogen-bond acceptors (Lipinski definition) is 12. The van der Waals surface area contributed by atoms with Crippen LogP contribution in [0.25, 0.3) is 6.08 Å². The average Bonchev–Trinajstić information content (AvgIpc) is 3.61. The van der Waals surface area contributed by atoms with Crippen LogP contribution in [0.3, 0.4) is 0 Å². The van der Waals surface area contributed by atoms with E-state index in [1.54, 1.807) is 32.1 Å². The molecule has 0 bridgehead atoms. The number of non-ortho nitro benzene ring substituents is 1. The fraction of sp³-hybridized carbons (Fsp3) is 0.179. The van der Waals surface area contributed by atoms with Crippen molar-refractivity contribution in [3.63, 3.8) is 0 Å². The zero-order valence-corrected chi connectivity index (χ0v) is 24.5. The standard InChI is InChI=1S/C28H22N4O9S2/c1-4-40-27(34)24-15(2)29-28-30(25(24)22-6-5-11-42-22)26(33)23(43-28)13-16-7-9-20(21(12-16)39-3)41-19-10-8-17(31(35)36)14-18(19)32(37)38/h5-14,25H,4H2,1-3H3/b23-13-/t25-/m1/s1. The number of thiophene rings is 1. The Morgan fingerprint density at radius 3 is 2.51 bits per heavy atom. The summed E-state index contributed by atoms with van der Waals surface area (Å²) in [6.07, 6.45) is 1.64. The first kappa shape index (κ1) is 29.3. The zero-order valence-electron chi connectivity index (χ0n) is 22.8. The molecular formula is C28H22N4O9S2. The first-order valence-electron chi connectivity index (χ1n) is 12.6. The van der Waals surface area contributed by atoms with E-state index in [1.165, 1.54) is 29.1 Å². The van der Waals surface area contributed by atoms with E-state index in [1.807, 2.05) is 17.5 Å². The van der Waals surface area contributed by atoms with Crippen molar-refractivity contribution in [2.75, 3.05) is 13.7 Å². The number of benzene rings is 2. The molecule has 0 aliphatic carbocycles. The van der Waals surface area contributed by atoms with Crippen LogP contribution in [0.5, 0.6) is 17.2 Å². The minimum Gasteiger partial charge on any atom is -0.493 e. The number of fused-ring (bicyclic) bond motifs is 1. The van der Waals surface area contributed by atoms with Crippen LogP contribution >= 0.6 is 22.7 Å². The van der Waals surface area contributed by atoms with Gasteiger partial charge in [0.05, 0.1) is 45.4 Å². The van der Waals surface area contributed by atoms with Crippen LogP contribution in [0.1, 0.15) is 30.3 Å². The molecule has 0 fully saturated rings. The predicted molar refractivity (Wildman–Crippen MR) is 158 cm³/mol. The van der Waals surface area contributed by atoms with Crippen molar-refractivity contribution in [1.29, 1.82) is 0 Å². The van der Waals surface area contributed by atoms with Gasteiger partial charge < -0.3 is 14.2 Å². The van der Waals surface area contributed by atoms with Gasteiger partial charge in [-0.25, -0.2) is 9.79 Å². The maximum Gasteiger partial charge on any atom is 0.338 e. The molecule has 0 unspecified atom stereocenters. The van der Waals surface area contributed by atoms with Gasteiger partial charge in [0, 0.05) is 10.9 Å². The highest BCUT2D eigenvalue weighted by Crippen LogP contribution is 2.38. The van der Waals surface area contributed by atoms with Crippen molar-refractivity contribution in [2.24, 2.45) is 4.99 Å². The second kappa shape index (κ2) is 12.0. The number of nitro groups is 2. The van der Waals surface area contributed by atoms with E-state index in [0.717, 1.165) is 34.4 Å². The number of nitro benzene ring substituents is 2. The van der Waals surface area contributed by atoms with Crippen LogP contribution in [-0.2, 0) is 9.53 Å². The summed E-state index contributed by atoms with van der Waals surface area (Å²) in [6, 6.07) is 10.8. The average molecular weight is 623 g/mol. The Balaban J connectivity index is 1.55. The van der Waals surface area contributed by atoms with Crippen LogP contribution < -0.4 is 24.4 Å². The van der Waals surface area contributed by atoms with E-state index in [9.17, 15) is 29.8 Å². The van der Waals surface area contributed by atoms with Crippen molar-refractivity contribution >= 4 is 46.1 Å². The summed E-state index contributed by atoms with van der Waals surface area (Å²) < 4.78 is 18.3. The Bertz CT molecular complexity index is 1980. The number of thiazole rings is 1. The monoisotopic (exact) mass is 622 g/mol. The number of methoxy groups -OCH3 is 1. The van der Waals surface area contributed by atoms with Gasteiger partial charge in [-0.15, -0.1) is 11.3 Å². The Kier molecular flexibility index (Phi) is 8.18. The number of carbonyl (C=O) groups excluding carboxylic acids is 1. The molecule has 1 atom stereocenters. The summed E-state index contributed by atoms with van der Waals surface area (Å²) in [5.74, 6) is -0.433. The molecule has 2 aromatic heterocycles. The molecule has 0 radical (unpaired) electrons. The molecule has 220 valence electrons. The maximum absolute atomic E-state index is 13.7. The number of hydrogen-bond donors (Lipinski definition) is 0. The van der Waals surface area contributed by atoms with Gasteiger partial charge in [-0.1, -0.05) is 23.5 Å². The highest BCUT2D eigenvalue weighted by molar-refractivity contribution is 7.10. The molecule has 2 aromatic carbocycles. The number of rotatable bonds is 9. The highest BCUT2D eigenvalue weighted by Gasteiger charge is 2.34. The fourth-order valence-electron chi connectivity index (χ4n) is 4.48. The summed E-state index contributed by atoms with van der Waals surface area (Å²) in [6.45, 7) is 3.60. The van der Waals surface area contributed by atoms with Crippen LogP contribution in [0.2, 0.25) is 0 Å². The van der Waals surface area contributed by atoms with Crippen molar-refractivity contribution < 1.29 is 28.9 Å². The van der Waals surface area contributed by atoms with Gasteiger partial charge in [-0.05, 0) is 55.1 Å². The third-order valence-corrected chi connectivity index (χ3v) is 8.29.